The minimum atomic E-state index is -3.49. The third kappa shape index (κ3) is 3.22. The fourth-order valence-electron chi connectivity index (χ4n) is 7.31. The average molecular weight is 419 g/mol. The Kier molecular flexibility index (Phi) is 4.76. The van der Waals surface area contributed by atoms with Crippen LogP contribution in [0.5, 0.6) is 5.75 Å². The van der Waals surface area contributed by atoms with Gasteiger partial charge in [-0.15, -0.1) is 0 Å². The van der Waals surface area contributed by atoms with Crippen LogP contribution in [0.3, 0.4) is 0 Å². The number of benzene rings is 1. The van der Waals surface area contributed by atoms with Gasteiger partial charge in [0, 0.05) is 37.8 Å². The Morgan fingerprint density at radius 1 is 0.897 bits per heavy atom. The van der Waals surface area contributed by atoms with Crippen molar-refractivity contribution in [1.29, 1.82) is 0 Å². The molecule has 29 heavy (non-hydrogen) atoms. The lowest BCUT2D eigenvalue weighted by molar-refractivity contribution is -0.0964. The van der Waals surface area contributed by atoms with Crippen LogP contribution >= 0.6 is 0 Å². The monoisotopic (exact) mass is 418 g/mol. The van der Waals surface area contributed by atoms with Crippen molar-refractivity contribution in [2.75, 3.05) is 33.3 Å². The van der Waals surface area contributed by atoms with Crippen molar-refractivity contribution in [3.63, 3.8) is 0 Å². The number of methoxy groups -OCH3 is 1. The van der Waals surface area contributed by atoms with Gasteiger partial charge in [0.25, 0.3) is 0 Å². The van der Waals surface area contributed by atoms with E-state index in [0.717, 1.165) is 42.0 Å². The zero-order chi connectivity index (χ0) is 20.4. The van der Waals surface area contributed by atoms with Gasteiger partial charge in [0.2, 0.25) is 10.0 Å². The molecule has 1 heterocycles. The molecule has 4 aliphatic carbocycles. The van der Waals surface area contributed by atoms with Crippen LogP contribution in [0, 0.1) is 31.6 Å². The predicted octanol–water partition coefficient (Wildman–Crippen LogP) is 3.59. The Morgan fingerprint density at radius 3 is 1.97 bits per heavy atom. The van der Waals surface area contributed by atoms with Crippen molar-refractivity contribution in [3.8, 4) is 5.75 Å². The molecule has 1 aliphatic heterocycles. The van der Waals surface area contributed by atoms with Crippen molar-refractivity contribution >= 4 is 10.0 Å². The SMILES string of the molecule is COc1cc(S(=O)(=O)N2CCN(C34CC5CC(CC(C5)C3)C4)CC2)c(C)cc1C. The molecule has 5 fully saturated rings. The van der Waals surface area contributed by atoms with E-state index in [1.54, 1.807) is 17.5 Å². The summed E-state index contributed by atoms with van der Waals surface area (Å²) in [7, 11) is -1.90. The van der Waals surface area contributed by atoms with E-state index in [4.69, 9.17) is 4.74 Å². The molecule has 0 spiro atoms. The quantitative estimate of drug-likeness (QED) is 0.750. The van der Waals surface area contributed by atoms with Crippen LogP contribution in [0.25, 0.3) is 0 Å². The second-order valence-corrected chi connectivity index (χ2v) is 12.0. The van der Waals surface area contributed by atoms with Gasteiger partial charge in [0.1, 0.15) is 5.75 Å². The summed E-state index contributed by atoms with van der Waals surface area (Å²) in [6.45, 7) is 6.76. The first-order valence-electron chi connectivity index (χ1n) is 11.2. The lowest BCUT2D eigenvalue weighted by Crippen LogP contribution is -2.64. The molecule has 0 aromatic heterocycles. The van der Waals surface area contributed by atoms with Gasteiger partial charge in [0.15, 0.2) is 0 Å². The Bertz CT molecular complexity index is 868. The first kappa shape index (κ1) is 19.8. The maximum Gasteiger partial charge on any atom is 0.243 e. The van der Waals surface area contributed by atoms with Crippen LogP contribution in [0.1, 0.15) is 49.7 Å². The molecule has 4 saturated carbocycles. The number of hydrogen-bond acceptors (Lipinski definition) is 4. The van der Waals surface area contributed by atoms with E-state index in [2.05, 4.69) is 4.90 Å². The molecule has 0 atom stereocenters. The Morgan fingerprint density at radius 2 is 1.45 bits per heavy atom. The topological polar surface area (TPSA) is 49.9 Å². The first-order valence-corrected chi connectivity index (χ1v) is 12.7. The van der Waals surface area contributed by atoms with Crippen LogP contribution in [0.15, 0.2) is 17.0 Å². The van der Waals surface area contributed by atoms with Gasteiger partial charge in [-0.3, -0.25) is 4.90 Å². The molecular formula is C23H34N2O3S. The molecule has 5 nitrogen and oxygen atoms in total. The first-order chi connectivity index (χ1) is 13.8. The Hall–Kier alpha value is -1.11. The zero-order valence-electron chi connectivity index (χ0n) is 18.0. The summed E-state index contributed by atoms with van der Waals surface area (Å²) in [5.74, 6) is 3.41. The van der Waals surface area contributed by atoms with Crippen LogP contribution < -0.4 is 4.74 Å². The highest BCUT2D eigenvalue weighted by molar-refractivity contribution is 7.89. The van der Waals surface area contributed by atoms with Gasteiger partial charge in [0.05, 0.1) is 12.0 Å². The number of rotatable bonds is 4. The summed E-state index contributed by atoms with van der Waals surface area (Å²) < 4.78 is 33.9. The molecule has 0 N–H and O–H groups in total. The molecule has 0 amide bonds. The normalized spacial score (nSPS) is 35.2. The third-order valence-electron chi connectivity index (χ3n) is 8.23. The Balaban J connectivity index is 1.33. The molecule has 1 aromatic carbocycles. The van der Waals surface area contributed by atoms with Crippen molar-refractivity contribution in [3.05, 3.63) is 23.3 Å². The number of hydrogen-bond donors (Lipinski definition) is 0. The number of aryl methyl sites for hydroxylation is 2. The smallest absolute Gasteiger partial charge is 0.243 e. The molecule has 5 aliphatic rings. The fourth-order valence-corrected chi connectivity index (χ4v) is 8.95. The Labute approximate surface area is 175 Å². The highest BCUT2D eigenvalue weighted by atomic mass is 32.2. The second-order valence-electron chi connectivity index (χ2n) is 10.1. The van der Waals surface area contributed by atoms with Crippen molar-refractivity contribution in [1.82, 2.24) is 9.21 Å². The molecule has 0 unspecified atom stereocenters. The highest BCUT2D eigenvalue weighted by Crippen LogP contribution is 2.57. The lowest BCUT2D eigenvalue weighted by Gasteiger charge is -2.61. The van der Waals surface area contributed by atoms with Crippen molar-refractivity contribution < 1.29 is 13.2 Å². The summed E-state index contributed by atoms with van der Waals surface area (Å²) >= 11 is 0. The number of ether oxygens (including phenoxy) is 1. The number of sulfonamides is 1. The zero-order valence-corrected chi connectivity index (χ0v) is 18.8. The van der Waals surface area contributed by atoms with Crippen LogP contribution in [-0.4, -0.2) is 56.5 Å². The van der Waals surface area contributed by atoms with E-state index in [1.165, 1.54) is 38.5 Å². The summed E-state index contributed by atoms with van der Waals surface area (Å²) in [6, 6.07) is 3.61. The summed E-state index contributed by atoms with van der Waals surface area (Å²) in [4.78, 5) is 3.06. The number of nitrogens with zero attached hydrogens (tertiary/aromatic N) is 2. The van der Waals surface area contributed by atoms with E-state index in [-0.39, 0.29) is 0 Å². The number of piperazine rings is 1. The van der Waals surface area contributed by atoms with Crippen LogP contribution in [0.4, 0.5) is 0 Å². The van der Waals surface area contributed by atoms with Gasteiger partial charge in [-0.25, -0.2) is 8.42 Å². The molecule has 6 heteroatoms. The van der Waals surface area contributed by atoms with Gasteiger partial charge < -0.3 is 4.74 Å². The molecular weight excluding hydrogens is 384 g/mol. The highest BCUT2D eigenvalue weighted by Gasteiger charge is 2.54. The summed E-state index contributed by atoms with van der Waals surface area (Å²) in [5, 5.41) is 0. The standard InChI is InChI=1S/C23H34N2O3S/c1-16-8-17(2)22(12-21(16)28-3)29(26,27)25-6-4-24(5-7-25)23-13-18-9-19(14-23)11-20(10-18)15-23/h8,12,18-20H,4-7,9-11,13-15H2,1-3H3. The summed E-state index contributed by atoms with van der Waals surface area (Å²) in [6.07, 6.45) is 8.38. The molecule has 6 rings (SSSR count). The lowest BCUT2D eigenvalue weighted by atomic mass is 9.52. The van der Waals surface area contributed by atoms with E-state index >= 15 is 0 Å². The van der Waals surface area contributed by atoms with E-state index in [1.807, 2.05) is 19.9 Å². The molecule has 0 radical (unpaired) electrons. The van der Waals surface area contributed by atoms with Crippen molar-refractivity contribution in [2.24, 2.45) is 17.8 Å². The minimum Gasteiger partial charge on any atom is -0.496 e. The maximum absolute atomic E-state index is 13.4. The van der Waals surface area contributed by atoms with Crippen LogP contribution in [-0.2, 0) is 10.0 Å². The van der Waals surface area contributed by atoms with E-state index in [0.29, 0.717) is 29.3 Å². The third-order valence-corrected chi connectivity index (χ3v) is 10.3. The van der Waals surface area contributed by atoms with E-state index in [9.17, 15) is 8.42 Å². The van der Waals surface area contributed by atoms with Gasteiger partial charge in [-0.1, -0.05) is 6.07 Å². The molecule has 1 aromatic rings. The molecule has 160 valence electrons. The van der Waals surface area contributed by atoms with Gasteiger partial charge in [-0.2, -0.15) is 4.31 Å². The fraction of sp³-hybridized carbons (Fsp3) is 0.739. The van der Waals surface area contributed by atoms with Crippen LogP contribution in [0.2, 0.25) is 0 Å². The molecule has 1 saturated heterocycles. The largest absolute Gasteiger partial charge is 0.496 e. The summed E-state index contributed by atoms with van der Waals surface area (Å²) in [5.41, 5.74) is 2.13. The molecule has 4 bridgehead atoms. The predicted molar refractivity (Wildman–Crippen MR) is 114 cm³/mol. The van der Waals surface area contributed by atoms with Crippen molar-refractivity contribution in [2.45, 2.75) is 62.8 Å². The van der Waals surface area contributed by atoms with Gasteiger partial charge in [-0.05, 0) is 81.3 Å². The minimum absolute atomic E-state index is 0.369. The second kappa shape index (κ2) is 6.96. The average Bonchev–Trinajstić information content (AvgIpc) is 2.67. The van der Waals surface area contributed by atoms with Gasteiger partial charge >= 0.3 is 0 Å². The van der Waals surface area contributed by atoms with E-state index < -0.39 is 10.0 Å². The maximum atomic E-state index is 13.4.